The molecule has 0 aliphatic rings. The number of aliphatic hydroxyl groups is 1. The van der Waals surface area contributed by atoms with Crippen molar-refractivity contribution in [2.24, 2.45) is 0 Å². The van der Waals surface area contributed by atoms with Gasteiger partial charge in [0.15, 0.2) is 0 Å². The molecule has 8 heavy (non-hydrogen) atoms. The summed E-state index contributed by atoms with van der Waals surface area (Å²) in [6, 6.07) is -2.42. The zero-order valence-electron chi connectivity index (χ0n) is 4.53. The molecule has 0 fully saturated rings. The van der Waals surface area contributed by atoms with E-state index in [1.807, 2.05) is 0 Å². The van der Waals surface area contributed by atoms with Crippen LogP contribution in [0.25, 0.3) is 0 Å². The summed E-state index contributed by atoms with van der Waals surface area (Å²) in [5.41, 5.74) is 0. The Kier molecular flexibility index (Phi) is 3.84. The van der Waals surface area contributed by atoms with E-state index in [1.54, 1.807) is 29.5 Å². The lowest BCUT2D eigenvalue weighted by Gasteiger charge is -2.13. The van der Waals surface area contributed by atoms with Crippen molar-refractivity contribution in [3.8, 4) is 0 Å². The van der Waals surface area contributed by atoms with Crippen molar-refractivity contribution in [2.45, 2.75) is 13.0 Å². The van der Waals surface area contributed by atoms with Gasteiger partial charge in [0.2, 0.25) is 0 Å². The highest BCUT2D eigenvalue weighted by Gasteiger charge is 2.23. The number of hydrogen-bond donors (Lipinski definition) is 1. The molecule has 2 nitrogen and oxygen atoms in total. The molecule has 1 atom stereocenters. The van der Waals surface area contributed by atoms with Crippen LogP contribution in [-0.4, -0.2) is 22.2 Å². The second-order valence-electron chi connectivity index (χ2n) is 1.26. The van der Waals surface area contributed by atoms with Gasteiger partial charge in [-0.2, -0.15) is 4.39 Å². The minimum absolute atomic E-state index is 0.0569. The van der Waals surface area contributed by atoms with Crippen LogP contribution in [0.2, 0.25) is 0 Å². The monoisotopic (exact) mass is 234 g/mol. The highest BCUT2D eigenvalue weighted by Crippen LogP contribution is 2.11. The van der Waals surface area contributed by atoms with Gasteiger partial charge in [0.1, 0.15) is 0 Å². The zero-order valence-corrected chi connectivity index (χ0v) is 6.68. The first-order chi connectivity index (χ1) is 3.62. The van der Waals surface area contributed by atoms with Crippen LogP contribution in [0.3, 0.4) is 0 Å². The van der Waals surface area contributed by atoms with Crippen molar-refractivity contribution in [2.75, 3.05) is 11.0 Å². The average Bonchev–Trinajstić information content (AvgIpc) is 1.67. The fourth-order valence-electron chi connectivity index (χ4n) is 0.260. The molecular formula is C4H8FIO2. The number of halogens is 2. The van der Waals surface area contributed by atoms with Gasteiger partial charge < -0.3 is 9.84 Å². The summed E-state index contributed by atoms with van der Waals surface area (Å²) in [4.78, 5) is 0. The van der Waals surface area contributed by atoms with Gasteiger partial charge in [0.05, 0.1) is 4.43 Å². The van der Waals surface area contributed by atoms with Gasteiger partial charge in [0, 0.05) is 6.61 Å². The minimum atomic E-state index is -2.42. The van der Waals surface area contributed by atoms with Crippen molar-refractivity contribution in [3.63, 3.8) is 0 Å². The topological polar surface area (TPSA) is 29.5 Å². The number of rotatable bonds is 3. The largest absolute Gasteiger partial charge is 0.339 e. The lowest BCUT2D eigenvalue weighted by atomic mass is 10.7. The molecule has 0 aromatic heterocycles. The van der Waals surface area contributed by atoms with Crippen LogP contribution >= 0.6 is 22.6 Å². The first-order valence-corrected chi connectivity index (χ1v) is 3.76. The Morgan fingerprint density at radius 2 is 2.38 bits per heavy atom. The molecule has 1 N–H and O–H groups in total. The Morgan fingerprint density at radius 1 is 1.88 bits per heavy atom. The van der Waals surface area contributed by atoms with Crippen LogP contribution in [0.4, 0.5) is 4.39 Å². The van der Waals surface area contributed by atoms with Crippen LogP contribution in [-0.2, 0) is 4.74 Å². The fourth-order valence-corrected chi connectivity index (χ4v) is 0.480. The third kappa shape index (κ3) is 3.57. The molecule has 0 heterocycles. The second kappa shape index (κ2) is 3.58. The van der Waals surface area contributed by atoms with Gasteiger partial charge in [-0.15, -0.1) is 0 Å². The van der Waals surface area contributed by atoms with Crippen LogP contribution in [0.1, 0.15) is 6.92 Å². The summed E-state index contributed by atoms with van der Waals surface area (Å²) in [5.74, 6) is 0. The number of alkyl halides is 2. The summed E-state index contributed by atoms with van der Waals surface area (Å²) in [6.45, 7) is 1.81. The lowest BCUT2D eigenvalue weighted by molar-refractivity contribution is -0.268. The molecule has 1 unspecified atom stereocenters. The third-order valence-electron chi connectivity index (χ3n) is 0.530. The molecule has 0 rings (SSSR count). The van der Waals surface area contributed by atoms with Crippen LogP contribution in [0, 0.1) is 0 Å². The van der Waals surface area contributed by atoms with E-state index in [-0.39, 0.29) is 11.0 Å². The van der Waals surface area contributed by atoms with E-state index in [9.17, 15) is 4.39 Å². The summed E-state index contributed by atoms with van der Waals surface area (Å²) in [7, 11) is 0. The van der Waals surface area contributed by atoms with Crippen molar-refractivity contribution in [1.29, 1.82) is 0 Å². The molecule has 0 aliphatic heterocycles. The average molecular weight is 234 g/mol. The predicted octanol–water partition coefficient (Wildman–Crippen LogP) is 1.07. The summed E-state index contributed by atoms with van der Waals surface area (Å²) in [6.07, 6.45) is 0. The molecule has 0 saturated heterocycles. The first-order valence-electron chi connectivity index (χ1n) is 2.23. The molecule has 0 aromatic carbocycles. The van der Waals surface area contributed by atoms with E-state index in [2.05, 4.69) is 4.74 Å². The van der Waals surface area contributed by atoms with E-state index < -0.39 is 6.04 Å². The molecule has 0 spiro atoms. The van der Waals surface area contributed by atoms with Gasteiger partial charge >= 0.3 is 6.04 Å². The number of hydrogen-bond acceptors (Lipinski definition) is 2. The van der Waals surface area contributed by atoms with Crippen molar-refractivity contribution >= 4 is 22.6 Å². The van der Waals surface area contributed by atoms with E-state index >= 15 is 0 Å². The van der Waals surface area contributed by atoms with Gasteiger partial charge in [-0.05, 0) is 6.92 Å². The Hall–Kier alpha value is 0.580. The highest BCUT2D eigenvalue weighted by atomic mass is 127. The molecule has 0 aliphatic carbocycles. The SMILES string of the molecule is CCOC(O)(F)CI. The van der Waals surface area contributed by atoms with Crippen LogP contribution in [0.5, 0.6) is 0 Å². The maximum atomic E-state index is 12.1. The molecule has 0 radical (unpaired) electrons. The normalized spacial score (nSPS) is 18.0. The molecule has 0 amide bonds. The van der Waals surface area contributed by atoms with Crippen LogP contribution in [0.15, 0.2) is 0 Å². The molecule has 0 aromatic rings. The van der Waals surface area contributed by atoms with E-state index in [4.69, 9.17) is 5.11 Å². The Balaban J connectivity index is 3.37. The van der Waals surface area contributed by atoms with Gasteiger partial charge in [-0.25, -0.2) is 0 Å². The number of ether oxygens (including phenoxy) is 1. The van der Waals surface area contributed by atoms with Crippen molar-refractivity contribution < 1.29 is 14.2 Å². The predicted molar refractivity (Wildman–Crippen MR) is 36.6 cm³/mol. The Morgan fingerprint density at radius 3 is 2.50 bits per heavy atom. The second-order valence-corrected chi connectivity index (χ2v) is 2.02. The maximum Gasteiger partial charge on any atom is 0.327 e. The zero-order chi connectivity index (χ0) is 6.62. The van der Waals surface area contributed by atoms with E-state index in [0.29, 0.717) is 0 Å². The molecule has 4 heteroatoms. The van der Waals surface area contributed by atoms with Gasteiger partial charge in [-0.3, -0.25) is 0 Å². The summed E-state index contributed by atoms with van der Waals surface area (Å²) >= 11 is 1.70. The third-order valence-corrected chi connectivity index (χ3v) is 1.47. The standard InChI is InChI=1S/C4H8FIO2/c1-2-8-4(5,7)3-6/h7H,2-3H2,1H3. The molecule has 0 saturated carbocycles. The molecular weight excluding hydrogens is 226 g/mol. The molecule has 0 bridgehead atoms. The van der Waals surface area contributed by atoms with Crippen molar-refractivity contribution in [1.82, 2.24) is 0 Å². The Labute approximate surface area is 61.2 Å². The van der Waals surface area contributed by atoms with Crippen LogP contribution < -0.4 is 0 Å². The summed E-state index contributed by atoms with van der Waals surface area (Å²) in [5, 5.41) is 8.43. The van der Waals surface area contributed by atoms with E-state index in [1.165, 1.54) is 0 Å². The quantitative estimate of drug-likeness (QED) is 0.449. The van der Waals surface area contributed by atoms with Gasteiger partial charge in [0.25, 0.3) is 0 Å². The van der Waals surface area contributed by atoms with Gasteiger partial charge in [-0.1, -0.05) is 22.6 Å². The fraction of sp³-hybridized carbons (Fsp3) is 1.00. The summed E-state index contributed by atoms with van der Waals surface area (Å²) < 4.78 is 16.3. The molecule has 50 valence electrons. The Bertz CT molecular complexity index is 67.1. The smallest absolute Gasteiger partial charge is 0.327 e. The minimum Gasteiger partial charge on any atom is -0.339 e. The lowest BCUT2D eigenvalue weighted by Crippen LogP contribution is -2.27. The maximum absolute atomic E-state index is 12.1. The van der Waals surface area contributed by atoms with Crippen molar-refractivity contribution in [3.05, 3.63) is 0 Å². The first kappa shape index (κ1) is 8.58. The highest BCUT2D eigenvalue weighted by molar-refractivity contribution is 14.1. The van der Waals surface area contributed by atoms with E-state index in [0.717, 1.165) is 0 Å².